The van der Waals surface area contributed by atoms with Crippen LogP contribution < -0.4 is 5.32 Å². The van der Waals surface area contributed by atoms with Crippen LogP contribution in [0.4, 0.5) is 5.69 Å². The van der Waals surface area contributed by atoms with Crippen LogP contribution in [0, 0.1) is 0 Å². The molecule has 0 bridgehead atoms. The zero-order valence-electron chi connectivity index (χ0n) is 9.31. The van der Waals surface area contributed by atoms with Crippen LogP contribution in [0.1, 0.15) is 10.4 Å². The second-order valence-corrected chi connectivity index (χ2v) is 3.68. The maximum absolute atomic E-state index is 11.1. The number of carboxylic acids is 1. The van der Waals surface area contributed by atoms with Crippen molar-refractivity contribution >= 4 is 22.4 Å². The van der Waals surface area contributed by atoms with Crippen molar-refractivity contribution in [3.63, 3.8) is 0 Å². The molecule has 86 valence electrons. The summed E-state index contributed by atoms with van der Waals surface area (Å²) in [7, 11) is 0. The number of aromatic carboxylic acids is 1. The van der Waals surface area contributed by atoms with Gasteiger partial charge in [-0.15, -0.1) is 6.58 Å². The molecule has 17 heavy (non-hydrogen) atoms. The first-order valence-electron chi connectivity index (χ1n) is 5.34. The summed E-state index contributed by atoms with van der Waals surface area (Å²) in [5.74, 6) is -0.906. The van der Waals surface area contributed by atoms with Gasteiger partial charge in [-0.1, -0.05) is 30.3 Å². The quantitative estimate of drug-likeness (QED) is 0.789. The van der Waals surface area contributed by atoms with Crippen molar-refractivity contribution in [1.29, 1.82) is 0 Å². The fourth-order valence-corrected chi connectivity index (χ4v) is 1.82. The molecule has 2 N–H and O–H groups in total. The fraction of sp³-hybridized carbons (Fsp3) is 0.0714. The fourth-order valence-electron chi connectivity index (χ4n) is 1.82. The number of hydrogen-bond acceptors (Lipinski definition) is 2. The maximum Gasteiger partial charge on any atom is 0.336 e. The van der Waals surface area contributed by atoms with Crippen LogP contribution in [0.15, 0.2) is 49.1 Å². The molecule has 0 aromatic heterocycles. The van der Waals surface area contributed by atoms with E-state index in [4.69, 9.17) is 5.11 Å². The van der Waals surface area contributed by atoms with Crippen molar-refractivity contribution in [2.75, 3.05) is 11.9 Å². The maximum atomic E-state index is 11.1. The lowest BCUT2D eigenvalue weighted by Crippen LogP contribution is -2.02. The Morgan fingerprint density at radius 1 is 1.24 bits per heavy atom. The van der Waals surface area contributed by atoms with Crippen LogP contribution in [-0.2, 0) is 0 Å². The summed E-state index contributed by atoms with van der Waals surface area (Å²) < 4.78 is 0. The van der Waals surface area contributed by atoms with Gasteiger partial charge in [-0.25, -0.2) is 4.79 Å². The van der Waals surface area contributed by atoms with Crippen molar-refractivity contribution in [3.05, 3.63) is 54.6 Å². The number of anilines is 1. The molecule has 2 aromatic rings. The van der Waals surface area contributed by atoms with Crippen LogP contribution in [-0.4, -0.2) is 17.6 Å². The molecule has 3 heteroatoms. The normalized spacial score (nSPS) is 10.1. The van der Waals surface area contributed by atoms with E-state index in [0.717, 1.165) is 16.5 Å². The van der Waals surface area contributed by atoms with Gasteiger partial charge in [0.2, 0.25) is 0 Å². The summed E-state index contributed by atoms with van der Waals surface area (Å²) in [5, 5.41) is 14.0. The van der Waals surface area contributed by atoms with Gasteiger partial charge in [0, 0.05) is 17.6 Å². The number of fused-ring (bicyclic) bond motifs is 1. The molecule has 0 aliphatic carbocycles. The molecular formula is C14H13NO2. The highest BCUT2D eigenvalue weighted by molar-refractivity contribution is 6.07. The van der Waals surface area contributed by atoms with Gasteiger partial charge in [-0.2, -0.15) is 0 Å². The molecule has 2 rings (SSSR count). The van der Waals surface area contributed by atoms with Crippen LogP contribution in [0.3, 0.4) is 0 Å². The van der Waals surface area contributed by atoms with Crippen molar-refractivity contribution in [1.82, 2.24) is 0 Å². The number of carboxylic acid groups (broad SMARTS) is 1. The third-order valence-corrected chi connectivity index (χ3v) is 2.59. The Bertz CT molecular complexity index is 575. The minimum atomic E-state index is -0.906. The smallest absolute Gasteiger partial charge is 0.336 e. The van der Waals surface area contributed by atoms with Gasteiger partial charge in [0.25, 0.3) is 0 Å². The van der Waals surface area contributed by atoms with Gasteiger partial charge in [0.15, 0.2) is 0 Å². The largest absolute Gasteiger partial charge is 0.478 e. The zero-order valence-corrected chi connectivity index (χ0v) is 9.31. The molecule has 0 spiro atoms. The first-order valence-corrected chi connectivity index (χ1v) is 5.34. The zero-order chi connectivity index (χ0) is 12.3. The van der Waals surface area contributed by atoms with Crippen molar-refractivity contribution < 1.29 is 9.90 Å². The number of rotatable bonds is 4. The molecule has 0 saturated heterocycles. The van der Waals surface area contributed by atoms with Gasteiger partial charge in [-0.3, -0.25) is 0 Å². The van der Waals surface area contributed by atoms with E-state index in [-0.39, 0.29) is 0 Å². The summed E-state index contributed by atoms with van der Waals surface area (Å²) in [6, 6.07) is 10.9. The van der Waals surface area contributed by atoms with Crippen LogP contribution >= 0.6 is 0 Å². The first-order chi connectivity index (χ1) is 8.24. The summed E-state index contributed by atoms with van der Waals surface area (Å²) >= 11 is 0. The standard InChI is InChI=1S/C14H13NO2/c1-2-9-15-13-8-7-12(14(16)17)10-5-3-4-6-11(10)13/h2-8,15H,1,9H2,(H,16,17). The van der Waals surface area contributed by atoms with Crippen LogP contribution in [0.5, 0.6) is 0 Å². The highest BCUT2D eigenvalue weighted by Gasteiger charge is 2.10. The van der Waals surface area contributed by atoms with Crippen LogP contribution in [0.2, 0.25) is 0 Å². The number of carbonyl (C=O) groups is 1. The van der Waals surface area contributed by atoms with Crippen LogP contribution in [0.25, 0.3) is 10.8 Å². The molecule has 0 atom stereocenters. The average molecular weight is 227 g/mol. The van der Waals surface area contributed by atoms with E-state index >= 15 is 0 Å². The van der Waals surface area contributed by atoms with Gasteiger partial charge in [-0.05, 0) is 17.5 Å². The Labute approximate surface area is 99.4 Å². The van der Waals surface area contributed by atoms with Gasteiger partial charge < -0.3 is 10.4 Å². The third kappa shape index (κ3) is 2.13. The lowest BCUT2D eigenvalue weighted by atomic mass is 10.0. The molecule has 0 fully saturated rings. The number of benzene rings is 2. The Balaban J connectivity index is 2.61. The van der Waals surface area contributed by atoms with Gasteiger partial charge in [0.05, 0.1) is 5.56 Å². The van der Waals surface area contributed by atoms with Gasteiger partial charge >= 0.3 is 5.97 Å². The molecule has 0 saturated carbocycles. The van der Waals surface area contributed by atoms with E-state index in [1.165, 1.54) is 0 Å². The Kier molecular flexibility index (Phi) is 3.10. The monoisotopic (exact) mass is 227 g/mol. The molecule has 0 unspecified atom stereocenters. The Hall–Kier alpha value is -2.29. The van der Waals surface area contributed by atoms with Crippen molar-refractivity contribution in [2.45, 2.75) is 0 Å². The molecule has 0 aliphatic rings. The highest BCUT2D eigenvalue weighted by Crippen LogP contribution is 2.26. The predicted octanol–water partition coefficient (Wildman–Crippen LogP) is 3.14. The SMILES string of the molecule is C=CCNc1ccc(C(=O)O)c2ccccc12. The number of hydrogen-bond donors (Lipinski definition) is 2. The molecule has 2 aromatic carbocycles. The summed E-state index contributed by atoms with van der Waals surface area (Å²) in [4.78, 5) is 11.1. The second-order valence-electron chi connectivity index (χ2n) is 3.68. The predicted molar refractivity (Wildman–Crippen MR) is 69.6 cm³/mol. The minimum Gasteiger partial charge on any atom is -0.478 e. The first kappa shape index (κ1) is 11.2. The lowest BCUT2D eigenvalue weighted by Gasteiger charge is -2.09. The van der Waals surface area contributed by atoms with Crippen molar-refractivity contribution in [3.8, 4) is 0 Å². The molecule has 0 amide bonds. The average Bonchev–Trinajstić information content (AvgIpc) is 2.35. The third-order valence-electron chi connectivity index (χ3n) is 2.59. The number of nitrogens with one attached hydrogen (secondary N) is 1. The minimum absolute atomic E-state index is 0.324. The molecular weight excluding hydrogens is 214 g/mol. The van der Waals surface area contributed by atoms with E-state index < -0.39 is 5.97 Å². The summed E-state index contributed by atoms with van der Waals surface area (Å²) in [6.07, 6.45) is 1.76. The molecule has 0 aliphatic heterocycles. The Morgan fingerprint density at radius 2 is 1.94 bits per heavy atom. The summed E-state index contributed by atoms with van der Waals surface area (Å²) in [6.45, 7) is 4.29. The van der Waals surface area contributed by atoms with E-state index in [9.17, 15) is 4.79 Å². The Morgan fingerprint density at radius 3 is 2.59 bits per heavy atom. The second kappa shape index (κ2) is 4.70. The van der Waals surface area contributed by atoms with Gasteiger partial charge in [0.1, 0.15) is 0 Å². The molecule has 0 radical (unpaired) electrons. The van der Waals surface area contributed by atoms with E-state index in [0.29, 0.717) is 12.1 Å². The molecule has 3 nitrogen and oxygen atoms in total. The van der Waals surface area contributed by atoms with Crippen molar-refractivity contribution in [2.24, 2.45) is 0 Å². The van der Waals surface area contributed by atoms with E-state index in [2.05, 4.69) is 11.9 Å². The van der Waals surface area contributed by atoms with E-state index in [1.54, 1.807) is 18.2 Å². The lowest BCUT2D eigenvalue weighted by molar-refractivity contribution is 0.0699. The topological polar surface area (TPSA) is 49.3 Å². The molecule has 0 heterocycles. The highest BCUT2D eigenvalue weighted by atomic mass is 16.4. The van der Waals surface area contributed by atoms with E-state index in [1.807, 2.05) is 24.3 Å². The summed E-state index contributed by atoms with van der Waals surface area (Å²) in [5.41, 5.74) is 1.25.